The first-order valence-electron chi connectivity index (χ1n) is 11.4. The summed E-state index contributed by atoms with van der Waals surface area (Å²) in [6, 6.07) is 25.8. The van der Waals surface area contributed by atoms with Gasteiger partial charge in [-0.25, -0.2) is 0 Å². The standard InChI is InChI=1S/C27H30ClN3O2/c1-2-29-27(32)26-16-23(19-31(26)18-20-11-13-22(28)14-12-20)30-17-21-7-6-10-25(15-21)33-24-8-4-3-5-9-24/h3-15,23,26,30H,2,16-19H2,1H3,(H,29,32)/t23-,26-/m0/s1. The Labute approximate surface area is 200 Å². The van der Waals surface area contributed by atoms with Crippen LogP contribution in [0.3, 0.4) is 0 Å². The maximum absolute atomic E-state index is 12.7. The molecule has 1 amide bonds. The zero-order valence-corrected chi connectivity index (χ0v) is 19.6. The van der Waals surface area contributed by atoms with Gasteiger partial charge in [-0.15, -0.1) is 0 Å². The van der Waals surface area contributed by atoms with Crippen molar-refractivity contribution in [1.82, 2.24) is 15.5 Å². The highest BCUT2D eigenvalue weighted by Crippen LogP contribution is 2.24. The number of nitrogens with one attached hydrogen (secondary N) is 2. The second-order valence-electron chi connectivity index (χ2n) is 8.34. The highest BCUT2D eigenvalue weighted by Gasteiger charge is 2.36. The van der Waals surface area contributed by atoms with Crippen LogP contribution in [0.4, 0.5) is 0 Å². The van der Waals surface area contributed by atoms with Crippen LogP contribution < -0.4 is 15.4 Å². The van der Waals surface area contributed by atoms with Gasteiger partial charge >= 0.3 is 0 Å². The van der Waals surface area contributed by atoms with Crippen LogP contribution in [0.5, 0.6) is 11.5 Å². The number of para-hydroxylation sites is 1. The Balaban J connectivity index is 1.38. The molecule has 1 saturated heterocycles. The predicted octanol–water partition coefficient (Wildman–Crippen LogP) is 5.00. The normalized spacial score (nSPS) is 18.2. The molecule has 5 nitrogen and oxygen atoms in total. The third-order valence-corrected chi connectivity index (χ3v) is 6.08. The summed E-state index contributed by atoms with van der Waals surface area (Å²) in [4.78, 5) is 15.0. The number of nitrogens with zero attached hydrogens (tertiary/aromatic N) is 1. The van der Waals surface area contributed by atoms with Gasteiger partial charge in [-0.2, -0.15) is 0 Å². The molecule has 3 aromatic carbocycles. The summed E-state index contributed by atoms with van der Waals surface area (Å²) in [7, 11) is 0. The molecule has 0 unspecified atom stereocenters. The minimum Gasteiger partial charge on any atom is -0.457 e. The number of likely N-dealkylation sites (tertiary alicyclic amines) is 1. The summed E-state index contributed by atoms with van der Waals surface area (Å²) in [6.07, 6.45) is 0.777. The van der Waals surface area contributed by atoms with Crippen molar-refractivity contribution in [3.63, 3.8) is 0 Å². The van der Waals surface area contributed by atoms with E-state index in [0.29, 0.717) is 13.1 Å². The van der Waals surface area contributed by atoms with E-state index in [9.17, 15) is 4.79 Å². The Bertz CT molecular complexity index is 1040. The molecule has 2 atom stereocenters. The fourth-order valence-electron chi connectivity index (χ4n) is 4.22. The van der Waals surface area contributed by atoms with Gasteiger partial charge in [0.1, 0.15) is 11.5 Å². The number of amides is 1. The zero-order chi connectivity index (χ0) is 23.0. The van der Waals surface area contributed by atoms with Crippen molar-refractivity contribution in [3.05, 3.63) is 95.0 Å². The van der Waals surface area contributed by atoms with E-state index in [-0.39, 0.29) is 18.0 Å². The van der Waals surface area contributed by atoms with Gasteiger partial charge in [0, 0.05) is 37.2 Å². The average Bonchev–Trinajstić information content (AvgIpc) is 3.23. The average molecular weight is 464 g/mol. The van der Waals surface area contributed by atoms with Gasteiger partial charge in [0.2, 0.25) is 5.91 Å². The highest BCUT2D eigenvalue weighted by molar-refractivity contribution is 6.30. The molecule has 4 rings (SSSR count). The number of carbonyl (C=O) groups excluding carboxylic acids is 1. The van der Waals surface area contributed by atoms with Crippen molar-refractivity contribution in [2.24, 2.45) is 0 Å². The van der Waals surface area contributed by atoms with Crippen molar-refractivity contribution < 1.29 is 9.53 Å². The Morgan fingerprint density at radius 2 is 1.76 bits per heavy atom. The molecule has 0 radical (unpaired) electrons. The molecule has 33 heavy (non-hydrogen) atoms. The van der Waals surface area contributed by atoms with Gasteiger partial charge in [-0.3, -0.25) is 9.69 Å². The van der Waals surface area contributed by atoms with E-state index in [4.69, 9.17) is 16.3 Å². The van der Waals surface area contributed by atoms with Crippen LogP contribution >= 0.6 is 11.6 Å². The predicted molar refractivity (Wildman–Crippen MR) is 133 cm³/mol. The maximum Gasteiger partial charge on any atom is 0.237 e. The lowest BCUT2D eigenvalue weighted by Crippen LogP contribution is -2.42. The van der Waals surface area contributed by atoms with E-state index >= 15 is 0 Å². The molecule has 0 bridgehead atoms. The van der Waals surface area contributed by atoms with Gasteiger partial charge in [0.15, 0.2) is 0 Å². The van der Waals surface area contributed by atoms with Crippen LogP contribution in [0.2, 0.25) is 5.02 Å². The summed E-state index contributed by atoms with van der Waals surface area (Å²) in [5.41, 5.74) is 2.30. The van der Waals surface area contributed by atoms with E-state index in [1.807, 2.05) is 73.7 Å². The van der Waals surface area contributed by atoms with E-state index in [1.54, 1.807) is 0 Å². The summed E-state index contributed by atoms with van der Waals surface area (Å²) >= 11 is 6.03. The molecule has 0 aromatic heterocycles. The maximum atomic E-state index is 12.7. The van der Waals surface area contributed by atoms with E-state index < -0.39 is 0 Å². The third-order valence-electron chi connectivity index (χ3n) is 5.83. The van der Waals surface area contributed by atoms with E-state index in [1.165, 1.54) is 0 Å². The largest absolute Gasteiger partial charge is 0.457 e. The summed E-state index contributed by atoms with van der Waals surface area (Å²) in [5, 5.41) is 7.35. The lowest BCUT2D eigenvalue weighted by molar-refractivity contribution is -0.125. The smallest absolute Gasteiger partial charge is 0.237 e. The molecule has 1 fully saturated rings. The van der Waals surface area contributed by atoms with Crippen molar-refractivity contribution in [1.29, 1.82) is 0 Å². The summed E-state index contributed by atoms with van der Waals surface area (Å²) < 4.78 is 5.96. The minimum atomic E-state index is -0.147. The Hall–Kier alpha value is -2.86. The SMILES string of the molecule is CCNC(=O)[C@@H]1C[C@H](NCc2cccc(Oc3ccccc3)c2)CN1Cc1ccc(Cl)cc1. The van der Waals surface area contributed by atoms with Gasteiger partial charge in [0.05, 0.1) is 6.04 Å². The minimum absolute atomic E-state index is 0.0917. The molecule has 6 heteroatoms. The number of carbonyl (C=O) groups is 1. The van der Waals surface area contributed by atoms with Gasteiger partial charge in [-0.1, -0.05) is 54.1 Å². The fraction of sp³-hybridized carbons (Fsp3) is 0.296. The first kappa shape index (κ1) is 23.3. The quantitative estimate of drug-likeness (QED) is 0.469. The fourth-order valence-corrected chi connectivity index (χ4v) is 4.35. The van der Waals surface area contributed by atoms with Crippen molar-refractivity contribution >= 4 is 17.5 Å². The number of hydrogen-bond donors (Lipinski definition) is 2. The van der Waals surface area contributed by atoms with Crippen molar-refractivity contribution in [2.75, 3.05) is 13.1 Å². The third kappa shape index (κ3) is 6.57. The van der Waals surface area contributed by atoms with Crippen LogP contribution in [0, 0.1) is 0 Å². The molecule has 0 spiro atoms. The van der Waals surface area contributed by atoms with E-state index in [2.05, 4.69) is 27.7 Å². The number of likely N-dealkylation sites (N-methyl/N-ethyl adjacent to an activating group) is 1. The molecular formula is C27H30ClN3O2. The van der Waals surface area contributed by atoms with Crippen LogP contribution in [-0.2, 0) is 17.9 Å². The number of halogens is 1. The summed E-state index contributed by atoms with van der Waals surface area (Å²) in [5.74, 6) is 1.73. The van der Waals surface area contributed by atoms with Crippen LogP contribution in [0.15, 0.2) is 78.9 Å². The molecule has 1 heterocycles. The zero-order valence-electron chi connectivity index (χ0n) is 18.8. The molecular weight excluding hydrogens is 434 g/mol. The molecule has 0 aliphatic carbocycles. The Kier molecular flexibility index (Phi) is 8.00. The highest BCUT2D eigenvalue weighted by atomic mass is 35.5. The van der Waals surface area contributed by atoms with Gasteiger partial charge in [0.25, 0.3) is 0 Å². The summed E-state index contributed by atoms with van der Waals surface area (Å²) in [6.45, 7) is 4.84. The first-order valence-corrected chi connectivity index (χ1v) is 11.8. The van der Waals surface area contributed by atoms with Crippen LogP contribution in [0.1, 0.15) is 24.5 Å². The molecule has 2 N–H and O–H groups in total. The monoisotopic (exact) mass is 463 g/mol. The van der Waals surface area contributed by atoms with Crippen molar-refractivity contribution in [3.8, 4) is 11.5 Å². The second kappa shape index (κ2) is 11.3. The van der Waals surface area contributed by atoms with Crippen LogP contribution in [-0.4, -0.2) is 36.0 Å². The van der Waals surface area contributed by atoms with Crippen LogP contribution in [0.25, 0.3) is 0 Å². The van der Waals surface area contributed by atoms with Crippen molar-refractivity contribution in [2.45, 2.75) is 38.5 Å². The molecule has 1 aliphatic rings. The number of ether oxygens (including phenoxy) is 1. The number of rotatable bonds is 9. The first-order chi connectivity index (χ1) is 16.1. The topological polar surface area (TPSA) is 53.6 Å². The van der Waals surface area contributed by atoms with E-state index in [0.717, 1.165) is 47.2 Å². The molecule has 1 aliphatic heterocycles. The lowest BCUT2D eigenvalue weighted by atomic mass is 10.1. The van der Waals surface area contributed by atoms with Gasteiger partial charge < -0.3 is 15.4 Å². The Morgan fingerprint density at radius 1 is 1.00 bits per heavy atom. The molecule has 3 aromatic rings. The number of hydrogen-bond acceptors (Lipinski definition) is 4. The molecule has 172 valence electrons. The lowest BCUT2D eigenvalue weighted by Gasteiger charge is -2.23. The van der Waals surface area contributed by atoms with Gasteiger partial charge in [-0.05, 0) is 60.9 Å². The Morgan fingerprint density at radius 3 is 2.52 bits per heavy atom. The molecule has 0 saturated carbocycles. The number of benzene rings is 3. The second-order valence-corrected chi connectivity index (χ2v) is 8.78.